The van der Waals surface area contributed by atoms with E-state index in [-0.39, 0.29) is 12.7 Å². The molecule has 0 saturated heterocycles. The second-order valence-corrected chi connectivity index (χ2v) is 5.25. The van der Waals surface area contributed by atoms with Gasteiger partial charge >= 0.3 is 141 Å². The zero-order valence-electron chi connectivity index (χ0n) is 14.0. The monoisotopic (exact) mass is 341 g/mol. The molecule has 1 aromatic carbocycles. The Morgan fingerprint density at radius 2 is 1.83 bits per heavy atom. The first-order valence-electron chi connectivity index (χ1n) is 7.12. The van der Waals surface area contributed by atoms with E-state index in [1.54, 1.807) is 33.4 Å². The van der Waals surface area contributed by atoms with Gasteiger partial charge in [-0.25, -0.2) is 0 Å². The topological polar surface area (TPSA) is 49.4 Å². The Morgan fingerprint density at radius 1 is 1.13 bits per heavy atom. The first kappa shape index (κ1) is 17.9. The van der Waals surface area contributed by atoms with Gasteiger partial charge in [0.1, 0.15) is 0 Å². The number of methoxy groups -OCH3 is 3. The Kier molecular flexibility index (Phi) is 6.15. The van der Waals surface area contributed by atoms with Gasteiger partial charge in [-0.1, -0.05) is 0 Å². The molecule has 0 bridgehead atoms. The van der Waals surface area contributed by atoms with Crippen LogP contribution in [0.2, 0.25) is 0 Å². The van der Waals surface area contributed by atoms with Gasteiger partial charge in [-0.2, -0.15) is 0 Å². The summed E-state index contributed by atoms with van der Waals surface area (Å²) in [7, 11) is 8.18. The van der Waals surface area contributed by atoms with Crippen molar-refractivity contribution < 1.29 is 23.8 Å². The quantitative estimate of drug-likeness (QED) is 0.430. The number of hydrogen-bond acceptors (Lipinski definition) is 6. The summed E-state index contributed by atoms with van der Waals surface area (Å²) in [6.45, 7) is 2.00. The number of ether oxygens (including phenoxy) is 4. The van der Waals surface area contributed by atoms with E-state index >= 15 is 0 Å². The van der Waals surface area contributed by atoms with E-state index in [0.717, 1.165) is 16.8 Å². The fraction of sp³-hybridized carbons (Fsp3) is 0.533. The van der Waals surface area contributed by atoms with E-state index in [0.29, 0.717) is 23.1 Å². The first-order valence-corrected chi connectivity index (χ1v) is 7.65. The summed E-state index contributed by atoms with van der Waals surface area (Å²) in [5.41, 5.74) is 2.42. The molecule has 1 heterocycles. The van der Waals surface area contributed by atoms with Crippen molar-refractivity contribution in [3.05, 3.63) is 11.1 Å². The zero-order valence-corrected chi connectivity index (χ0v) is 14.8. The molecule has 1 atom stereocenters. The third kappa shape index (κ3) is 3.13. The molecule has 0 radical (unpaired) electrons. The summed E-state index contributed by atoms with van der Waals surface area (Å²) < 4.78 is 22.0. The minimum atomic E-state index is -0.0617. The summed E-state index contributed by atoms with van der Waals surface area (Å²) in [5.74, 6) is 4.11. The van der Waals surface area contributed by atoms with E-state index in [1.807, 2.05) is 19.9 Å². The van der Waals surface area contributed by atoms with Crippen LogP contribution in [-0.2, 0) is 9.57 Å². The third-order valence-electron chi connectivity index (χ3n) is 3.74. The molecule has 2 rings (SSSR count). The summed E-state index contributed by atoms with van der Waals surface area (Å²) >= 11 is 6.16. The molecule has 126 valence electrons. The van der Waals surface area contributed by atoms with Crippen molar-refractivity contribution in [2.75, 3.05) is 46.1 Å². The molecule has 1 unspecified atom stereocenters. The van der Waals surface area contributed by atoms with Crippen LogP contribution in [0.1, 0.15) is 17.0 Å². The number of rotatable bonds is 7. The number of hydrogen-bond donors (Lipinski definition) is 0. The number of fused-ring (bicyclic) bond motifs is 1. The van der Waals surface area contributed by atoms with E-state index in [4.69, 9.17) is 35.4 Å². The fourth-order valence-corrected chi connectivity index (χ4v) is 3.01. The van der Waals surface area contributed by atoms with Crippen molar-refractivity contribution in [1.29, 1.82) is 0 Å². The maximum absolute atomic E-state index is 6.16. The second-order valence-electron chi connectivity index (χ2n) is 4.94. The molecule has 0 N–H and O–H groups in total. The van der Waals surface area contributed by atoms with Crippen LogP contribution in [0.3, 0.4) is 0 Å². The fourth-order valence-electron chi connectivity index (χ4n) is 2.76. The Bertz CT molecular complexity index is 596. The van der Waals surface area contributed by atoms with Crippen molar-refractivity contribution in [2.24, 2.45) is 0 Å². The van der Waals surface area contributed by atoms with Crippen LogP contribution in [0.4, 0.5) is 5.69 Å². The Balaban J connectivity index is 2.78. The molecular formula is C15H21BClNO5. The van der Waals surface area contributed by atoms with E-state index in [2.05, 4.69) is 0 Å². The van der Waals surface area contributed by atoms with Crippen LogP contribution < -0.4 is 19.2 Å². The maximum atomic E-state index is 6.16. The van der Waals surface area contributed by atoms with Crippen LogP contribution in [0.5, 0.6) is 17.2 Å². The molecule has 1 aromatic rings. The second kappa shape index (κ2) is 7.90. The van der Waals surface area contributed by atoms with Gasteiger partial charge in [0.25, 0.3) is 0 Å². The van der Waals surface area contributed by atoms with Gasteiger partial charge in [0.15, 0.2) is 0 Å². The van der Waals surface area contributed by atoms with Gasteiger partial charge in [0.05, 0.1) is 0 Å². The number of anilines is 1. The van der Waals surface area contributed by atoms with Gasteiger partial charge in [-0.05, 0) is 0 Å². The molecule has 0 amide bonds. The van der Waals surface area contributed by atoms with Crippen LogP contribution in [-0.4, -0.2) is 54.1 Å². The Hall–Kier alpha value is -1.44. The van der Waals surface area contributed by atoms with Crippen LogP contribution >= 0.6 is 11.6 Å². The molecular weight excluding hydrogens is 320 g/mol. The molecule has 23 heavy (non-hydrogen) atoms. The van der Waals surface area contributed by atoms with Crippen LogP contribution in [0, 0.1) is 6.92 Å². The number of alkyl halides is 1. The standard InChI is InChI=1S/C15H21BClNO5/c1-9-13(20-3)12-11(10(7-17)6-16-18(12)22-5)15(14(9)21-4)23-8-19-2/h6,10H,7-8H2,1-5H3. The van der Waals surface area contributed by atoms with Gasteiger partial charge < -0.3 is 0 Å². The molecule has 0 aliphatic carbocycles. The molecule has 0 aromatic heterocycles. The van der Waals surface area contributed by atoms with Gasteiger partial charge in [-0.15, -0.1) is 0 Å². The average molecular weight is 342 g/mol. The zero-order chi connectivity index (χ0) is 17.0. The van der Waals surface area contributed by atoms with Crippen molar-refractivity contribution in [2.45, 2.75) is 12.8 Å². The molecule has 1 aliphatic heterocycles. The Labute approximate surface area is 142 Å². The predicted octanol–water partition coefficient (Wildman–Crippen LogP) is 2.12. The number of benzene rings is 1. The van der Waals surface area contributed by atoms with Crippen LogP contribution in [0.15, 0.2) is 0 Å². The Morgan fingerprint density at radius 3 is 2.35 bits per heavy atom. The number of halogens is 1. The molecule has 0 saturated carbocycles. The van der Waals surface area contributed by atoms with Crippen molar-refractivity contribution in [3.63, 3.8) is 0 Å². The molecule has 6 nitrogen and oxygen atoms in total. The molecule has 8 heteroatoms. The summed E-state index contributed by atoms with van der Waals surface area (Å²) in [4.78, 5) is 7.07. The SMILES string of the molecule is COCOc1c(OC)c(C)c(OC)c2c1C(CCl)C=BN2OC. The first-order chi connectivity index (χ1) is 11.1. The van der Waals surface area contributed by atoms with E-state index in [9.17, 15) is 0 Å². The van der Waals surface area contributed by atoms with Gasteiger partial charge in [-0.3, -0.25) is 0 Å². The predicted molar refractivity (Wildman–Crippen MR) is 91.6 cm³/mol. The van der Waals surface area contributed by atoms with Crippen LogP contribution in [0.25, 0.3) is 0 Å². The summed E-state index contributed by atoms with van der Waals surface area (Å²) in [6.07, 6.45) is 0. The third-order valence-corrected chi connectivity index (χ3v) is 4.07. The molecule has 0 spiro atoms. The van der Waals surface area contributed by atoms with Crippen molar-refractivity contribution >= 4 is 30.3 Å². The number of nitrogens with zero attached hydrogens (tertiary/aromatic N) is 1. The summed E-state index contributed by atoms with van der Waals surface area (Å²) in [6, 6.07) is 0. The normalized spacial score (nSPS) is 15.9. The minimum absolute atomic E-state index is 0.0617. The van der Waals surface area contributed by atoms with Gasteiger partial charge in [0.2, 0.25) is 0 Å². The van der Waals surface area contributed by atoms with Crippen molar-refractivity contribution in [3.8, 4) is 17.2 Å². The van der Waals surface area contributed by atoms with E-state index in [1.165, 1.54) is 0 Å². The van der Waals surface area contributed by atoms with Crippen molar-refractivity contribution in [1.82, 2.24) is 0 Å². The molecule has 1 aliphatic rings. The van der Waals surface area contributed by atoms with E-state index < -0.39 is 0 Å². The van der Waals surface area contributed by atoms with Gasteiger partial charge in [0, 0.05) is 0 Å². The molecule has 0 fully saturated rings. The average Bonchev–Trinajstić information content (AvgIpc) is 2.58. The summed E-state index contributed by atoms with van der Waals surface area (Å²) in [5, 5.41) is 0.